The predicted octanol–water partition coefficient (Wildman–Crippen LogP) is 5.26. The summed E-state index contributed by atoms with van der Waals surface area (Å²) in [6, 6.07) is 5.39. The summed E-state index contributed by atoms with van der Waals surface area (Å²) < 4.78 is 6.29. The van der Waals surface area contributed by atoms with Gasteiger partial charge in [0, 0.05) is 23.4 Å². The monoisotopic (exact) mass is 438 g/mol. The number of carbonyl (C=O) groups is 1. The van der Waals surface area contributed by atoms with E-state index in [0.717, 1.165) is 22.4 Å². The molecule has 2 heterocycles. The Kier molecular flexibility index (Phi) is 6.43. The molecule has 0 N–H and O–H groups in total. The van der Waals surface area contributed by atoms with Crippen LogP contribution in [0.15, 0.2) is 23.0 Å². The molecule has 0 aliphatic rings. The van der Waals surface area contributed by atoms with Gasteiger partial charge in [-0.1, -0.05) is 36.2 Å². The first-order valence-corrected chi connectivity index (χ1v) is 10.5. The Hall–Kier alpha value is -1.89. The van der Waals surface area contributed by atoms with E-state index in [0.29, 0.717) is 39.1 Å². The third kappa shape index (κ3) is 3.95. The number of rotatable bonds is 6. The van der Waals surface area contributed by atoms with Crippen LogP contribution in [0.2, 0.25) is 10.0 Å². The molecule has 8 heteroatoms. The smallest absolute Gasteiger partial charge is 0.305 e. The Morgan fingerprint density at radius 2 is 2.04 bits per heavy atom. The molecule has 5 nitrogen and oxygen atoms in total. The molecule has 3 rings (SSSR count). The van der Waals surface area contributed by atoms with E-state index in [4.69, 9.17) is 23.2 Å². The summed E-state index contributed by atoms with van der Waals surface area (Å²) in [7, 11) is 1.36. The van der Waals surface area contributed by atoms with E-state index in [1.165, 1.54) is 18.4 Å². The van der Waals surface area contributed by atoms with Crippen molar-refractivity contribution in [2.45, 2.75) is 39.7 Å². The zero-order valence-corrected chi connectivity index (χ0v) is 18.2. The van der Waals surface area contributed by atoms with E-state index in [2.05, 4.69) is 9.72 Å². The number of thiophene rings is 1. The molecule has 0 saturated carbocycles. The first-order valence-electron chi connectivity index (χ1n) is 8.92. The van der Waals surface area contributed by atoms with Gasteiger partial charge in [0.1, 0.15) is 10.7 Å². The Balaban J connectivity index is 2.15. The average molecular weight is 439 g/mol. The molecule has 148 valence electrons. The van der Waals surface area contributed by atoms with Gasteiger partial charge in [-0.2, -0.15) is 0 Å². The lowest BCUT2D eigenvalue weighted by atomic mass is 10.0. The molecule has 0 fully saturated rings. The van der Waals surface area contributed by atoms with Gasteiger partial charge in [0.15, 0.2) is 0 Å². The minimum absolute atomic E-state index is 0.107. The highest BCUT2D eigenvalue weighted by Crippen LogP contribution is 2.38. The van der Waals surface area contributed by atoms with Gasteiger partial charge < -0.3 is 4.74 Å². The summed E-state index contributed by atoms with van der Waals surface area (Å²) in [6.07, 6.45) is 1.54. The van der Waals surface area contributed by atoms with E-state index in [1.54, 1.807) is 16.7 Å². The molecule has 0 amide bonds. The van der Waals surface area contributed by atoms with E-state index >= 15 is 0 Å². The van der Waals surface area contributed by atoms with Crippen LogP contribution in [-0.2, 0) is 22.5 Å². The number of esters is 1. The Morgan fingerprint density at radius 3 is 2.68 bits per heavy atom. The van der Waals surface area contributed by atoms with Crippen LogP contribution in [0.3, 0.4) is 0 Å². The third-order valence-electron chi connectivity index (χ3n) is 4.60. The van der Waals surface area contributed by atoms with Gasteiger partial charge in [0.2, 0.25) is 0 Å². The molecular weight excluding hydrogens is 419 g/mol. The average Bonchev–Trinajstić information content (AvgIpc) is 3.04. The maximum absolute atomic E-state index is 13.3. The number of carbonyl (C=O) groups excluding carboxylic acids is 1. The highest BCUT2D eigenvalue weighted by molar-refractivity contribution is 7.19. The number of aromatic nitrogens is 2. The second-order valence-corrected chi connectivity index (χ2v) is 8.26. The number of halogens is 2. The fraction of sp³-hybridized carbons (Fsp3) is 0.350. The molecule has 0 aliphatic heterocycles. The minimum Gasteiger partial charge on any atom is -0.469 e. The molecule has 0 saturated heterocycles. The van der Waals surface area contributed by atoms with Crippen LogP contribution in [0.4, 0.5) is 0 Å². The van der Waals surface area contributed by atoms with Gasteiger partial charge >= 0.3 is 5.97 Å². The first kappa shape index (κ1) is 20.8. The standard InChI is InChI=1S/C20H20Cl2N2O3S/c1-4-15-17(12-7-8-13(21)14(22)10-12)18-19(28-15)23-11(2)24(20(18)26)9-5-6-16(25)27-3/h7-8,10H,4-6,9H2,1-3H3. The van der Waals surface area contributed by atoms with Crippen molar-refractivity contribution in [1.82, 2.24) is 9.55 Å². The molecule has 0 spiro atoms. The zero-order chi connectivity index (χ0) is 20.4. The second kappa shape index (κ2) is 8.64. The van der Waals surface area contributed by atoms with Crippen LogP contribution < -0.4 is 5.56 Å². The first-order chi connectivity index (χ1) is 13.4. The highest BCUT2D eigenvalue weighted by Gasteiger charge is 2.20. The lowest BCUT2D eigenvalue weighted by Crippen LogP contribution is -2.24. The van der Waals surface area contributed by atoms with Gasteiger partial charge in [-0.05, 0) is 37.5 Å². The van der Waals surface area contributed by atoms with Gasteiger partial charge in [-0.25, -0.2) is 4.98 Å². The number of methoxy groups -OCH3 is 1. The van der Waals surface area contributed by atoms with Gasteiger partial charge in [0.25, 0.3) is 5.56 Å². The van der Waals surface area contributed by atoms with Crippen molar-refractivity contribution in [2.75, 3.05) is 7.11 Å². The molecule has 0 atom stereocenters. The zero-order valence-electron chi connectivity index (χ0n) is 15.8. The van der Waals surface area contributed by atoms with Crippen molar-refractivity contribution >= 4 is 50.7 Å². The van der Waals surface area contributed by atoms with Crippen molar-refractivity contribution in [3.05, 3.63) is 49.3 Å². The summed E-state index contributed by atoms with van der Waals surface area (Å²) >= 11 is 13.8. The second-order valence-electron chi connectivity index (χ2n) is 6.36. The van der Waals surface area contributed by atoms with Gasteiger partial charge in [-0.3, -0.25) is 14.2 Å². The number of hydrogen-bond donors (Lipinski definition) is 0. The lowest BCUT2D eigenvalue weighted by Gasteiger charge is -2.10. The maximum Gasteiger partial charge on any atom is 0.305 e. The van der Waals surface area contributed by atoms with E-state index < -0.39 is 0 Å². The van der Waals surface area contributed by atoms with Gasteiger partial charge in [0.05, 0.1) is 22.5 Å². The molecule has 1 aromatic carbocycles. The number of ether oxygens (including phenoxy) is 1. The maximum atomic E-state index is 13.3. The van der Waals surface area contributed by atoms with Crippen LogP contribution in [0.25, 0.3) is 21.3 Å². The van der Waals surface area contributed by atoms with Crippen LogP contribution >= 0.6 is 34.5 Å². The Labute approximate surface area is 176 Å². The van der Waals surface area contributed by atoms with E-state index in [1.807, 2.05) is 19.9 Å². The summed E-state index contributed by atoms with van der Waals surface area (Å²) in [5.41, 5.74) is 1.60. The number of hydrogen-bond acceptors (Lipinski definition) is 5. The largest absolute Gasteiger partial charge is 0.469 e. The summed E-state index contributed by atoms with van der Waals surface area (Å²) in [5, 5.41) is 1.50. The number of aryl methyl sites for hydroxylation is 2. The molecule has 0 radical (unpaired) electrons. The molecule has 0 unspecified atom stereocenters. The fourth-order valence-corrected chi connectivity index (χ4v) is 4.65. The predicted molar refractivity (Wildman–Crippen MR) is 115 cm³/mol. The van der Waals surface area contributed by atoms with Crippen LogP contribution in [0, 0.1) is 6.92 Å². The van der Waals surface area contributed by atoms with Gasteiger partial charge in [-0.15, -0.1) is 11.3 Å². The van der Waals surface area contributed by atoms with E-state index in [9.17, 15) is 9.59 Å². The van der Waals surface area contributed by atoms with Crippen LogP contribution in [0.1, 0.15) is 30.5 Å². The number of nitrogens with zero attached hydrogens (tertiary/aromatic N) is 2. The van der Waals surface area contributed by atoms with Crippen molar-refractivity contribution < 1.29 is 9.53 Å². The SMILES string of the molecule is CCc1sc2nc(C)n(CCCC(=O)OC)c(=O)c2c1-c1ccc(Cl)c(Cl)c1. The van der Waals surface area contributed by atoms with Crippen LogP contribution in [-0.4, -0.2) is 22.6 Å². The summed E-state index contributed by atoms with van der Waals surface area (Å²) in [4.78, 5) is 31.1. The van der Waals surface area contributed by atoms with Crippen molar-refractivity contribution in [3.8, 4) is 11.1 Å². The third-order valence-corrected chi connectivity index (χ3v) is 6.56. The normalized spacial score (nSPS) is 11.2. The van der Waals surface area contributed by atoms with Crippen molar-refractivity contribution in [1.29, 1.82) is 0 Å². The molecule has 0 aliphatic carbocycles. The summed E-state index contributed by atoms with van der Waals surface area (Å²) in [6.45, 7) is 4.26. The summed E-state index contributed by atoms with van der Waals surface area (Å²) in [5.74, 6) is 0.340. The number of fused-ring (bicyclic) bond motifs is 1. The Bertz CT molecular complexity index is 1110. The molecule has 3 aromatic rings. The lowest BCUT2D eigenvalue weighted by molar-refractivity contribution is -0.140. The number of benzene rings is 1. The molecular formula is C20H20Cl2N2O3S. The minimum atomic E-state index is -0.292. The molecule has 0 bridgehead atoms. The van der Waals surface area contributed by atoms with E-state index in [-0.39, 0.29) is 17.9 Å². The quantitative estimate of drug-likeness (QED) is 0.492. The van der Waals surface area contributed by atoms with Crippen molar-refractivity contribution in [3.63, 3.8) is 0 Å². The molecule has 2 aromatic heterocycles. The Morgan fingerprint density at radius 1 is 1.29 bits per heavy atom. The highest BCUT2D eigenvalue weighted by atomic mass is 35.5. The van der Waals surface area contributed by atoms with Crippen molar-refractivity contribution in [2.24, 2.45) is 0 Å². The topological polar surface area (TPSA) is 61.2 Å². The van der Waals surface area contributed by atoms with Crippen LogP contribution in [0.5, 0.6) is 0 Å². The fourth-order valence-electron chi connectivity index (χ4n) is 3.18. The molecule has 28 heavy (non-hydrogen) atoms.